The molecule has 1 aromatic rings. The van der Waals surface area contributed by atoms with Crippen LogP contribution < -0.4 is 0 Å². The quantitative estimate of drug-likeness (QED) is 0.318. The number of aryl methyl sites for hydroxylation is 1. The first-order valence-electron chi connectivity index (χ1n) is 10.5. The Labute approximate surface area is 173 Å². The van der Waals surface area contributed by atoms with E-state index in [1.54, 1.807) is 6.08 Å². The van der Waals surface area contributed by atoms with E-state index in [0.29, 0.717) is 32.1 Å². The molecule has 1 aliphatic carbocycles. The first-order valence-corrected chi connectivity index (χ1v) is 10.5. The number of aliphatic hydroxyl groups is 4. The summed E-state index contributed by atoms with van der Waals surface area (Å²) in [6, 6.07) is 10.0. The molecule has 0 aliphatic heterocycles. The van der Waals surface area contributed by atoms with Crippen LogP contribution in [0, 0.1) is 11.8 Å². The van der Waals surface area contributed by atoms with Gasteiger partial charge < -0.3 is 20.4 Å². The van der Waals surface area contributed by atoms with Crippen LogP contribution in [0.4, 0.5) is 0 Å². The highest BCUT2D eigenvalue weighted by Crippen LogP contribution is 2.36. The van der Waals surface area contributed by atoms with E-state index < -0.39 is 24.9 Å². The highest BCUT2D eigenvalue weighted by atomic mass is 16.3. The van der Waals surface area contributed by atoms with Crippen molar-refractivity contribution in [1.29, 1.82) is 0 Å². The number of allylic oxidation sites excluding steroid dienone is 2. The van der Waals surface area contributed by atoms with Crippen molar-refractivity contribution in [1.82, 2.24) is 0 Å². The summed E-state index contributed by atoms with van der Waals surface area (Å²) in [6.07, 6.45) is 10.0. The largest absolute Gasteiger partial charge is 0.393 e. The SMILES string of the molecule is O=C(CO)CCCC=CC[C@@H]1[C@@H](C=C[C@@H](O)CCc2ccccc2)[C@H](O)C[C@@H]1O. The third kappa shape index (κ3) is 8.23. The number of carbonyl (C=O) groups is 1. The van der Waals surface area contributed by atoms with Gasteiger partial charge >= 0.3 is 0 Å². The lowest BCUT2D eigenvalue weighted by Gasteiger charge is -2.19. The van der Waals surface area contributed by atoms with Crippen molar-refractivity contribution < 1.29 is 25.2 Å². The fraction of sp³-hybridized carbons (Fsp3) is 0.542. The second-order valence-corrected chi connectivity index (χ2v) is 7.88. The van der Waals surface area contributed by atoms with E-state index in [9.17, 15) is 20.1 Å². The molecule has 1 saturated carbocycles. The summed E-state index contributed by atoms with van der Waals surface area (Å²) in [5.74, 6) is -0.418. The number of benzene rings is 1. The third-order valence-corrected chi connectivity index (χ3v) is 5.62. The fourth-order valence-electron chi connectivity index (χ4n) is 3.89. The second kappa shape index (κ2) is 12.7. The van der Waals surface area contributed by atoms with Crippen LogP contribution in [-0.2, 0) is 11.2 Å². The standard InChI is InChI=1S/C24H34O5/c25-17-20(27)10-6-1-2-7-11-21-22(24(29)16-23(21)28)15-14-19(26)13-12-18-8-4-3-5-9-18/h2-5,7-9,14-15,19,21-26,28-29H,1,6,10-13,16-17H2/t19-,21+,22+,23-,24+/m0/s1. The normalized spacial score (nSPS) is 25.8. The Hall–Kier alpha value is -1.79. The molecule has 0 spiro atoms. The number of ketones is 1. The van der Waals surface area contributed by atoms with Crippen LogP contribution in [0.2, 0.25) is 0 Å². The van der Waals surface area contributed by atoms with Gasteiger partial charge in [0.25, 0.3) is 0 Å². The van der Waals surface area contributed by atoms with Gasteiger partial charge in [0, 0.05) is 18.8 Å². The predicted molar refractivity (Wildman–Crippen MR) is 113 cm³/mol. The minimum atomic E-state index is -0.608. The third-order valence-electron chi connectivity index (χ3n) is 5.62. The number of carbonyl (C=O) groups excluding carboxylic acids is 1. The van der Waals surface area contributed by atoms with Gasteiger partial charge in [-0.05, 0) is 43.6 Å². The van der Waals surface area contributed by atoms with Gasteiger partial charge in [0.1, 0.15) is 6.61 Å². The zero-order valence-electron chi connectivity index (χ0n) is 16.9. The van der Waals surface area contributed by atoms with Crippen molar-refractivity contribution in [3.63, 3.8) is 0 Å². The maximum absolute atomic E-state index is 11.1. The Balaban J connectivity index is 1.80. The molecule has 1 fully saturated rings. The number of unbranched alkanes of at least 4 members (excludes halogenated alkanes) is 1. The van der Waals surface area contributed by atoms with Gasteiger partial charge in [0.05, 0.1) is 18.3 Å². The van der Waals surface area contributed by atoms with Crippen LogP contribution in [0.5, 0.6) is 0 Å². The van der Waals surface area contributed by atoms with Gasteiger partial charge in [-0.15, -0.1) is 0 Å². The number of aliphatic hydroxyl groups excluding tert-OH is 4. The fourth-order valence-corrected chi connectivity index (χ4v) is 3.89. The minimum Gasteiger partial charge on any atom is -0.393 e. The first-order chi connectivity index (χ1) is 14.0. The summed E-state index contributed by atoms with van der Waals surface area (Å²) < 4.78 is 0. The second-order valence-electron chi connectivity index (χ2n) is 7.88. The molecule has 5 heteroatoms. The molecule has 1 aliphatic rings. The Kier molecular flexibility index (Phi) is 10.3. The molecule has 0 amide bonds. The average molecular weight is 403 g/mol. The maximum atomic E-state index is 11.1. The average Bonchev–Trinajstić information content (AvgIpc) is 3.00. The Bertz CT molecular complexity index is 654. The summed E-state index contributed by atoms with van der Waals surface area (Å²) in [5, 5.41) is 39.6. The molecule has 5 atom stereocenters. The summed E-state index contributed by atoms with van der Waals surface area (Å²) in [7, 11) is 0. The van der Waals surface area contributed by atoms with Crippen LogP contribution in [0.15, 0.2) is 54.6 Å². The molecule has 5 nitrogen and oxygen atoms in total. The molecule has 160 valence electrons. The molecule has 29 heavy (non-hydrogen) atoms. The van der Waals surface area contributed by atoms with E-state index >= 15 is 0 Å². The van der Waals surface area contributed by atoms with Crippen LogP contribution in [0.25, 0.3) is 0 Å². The zero-order chi connectivity index (χ0) is 21.1. The van der Waals surface area contributed by atoms with E-state index in [1.807, 2.05) is 48.6 Å². The van der Waals surface area contributed by atoms with Crippen LogP contribution in [-0.4, -0.2) is 51.1 Å². The van der Waals surface area contributed by atoms with Gasteiger partial charge in [-0.3, -0.25) is 4.79 Å². The van der Waals surface area contributed by atoms with Gasteiger partial charge in [0.15, 0.2) is 5.78 Å². The molecule has 2 rings (SSSR count). The topological polar surface area (TPSA) is 98.0 Å². The van der Waals surface area contributed by atoms with E-state index in [1.165, 1.54) is 5.56 Å². The Morgan fingerprint density at radius 2 is 1.90 bits per heavy atom. The summed E-state index contributed by atoms with van der Waals surface area (Å²) in [6.45, 7) is -0.402. The highest BCUT2D eigenvalue weighted by Gasteiger charge is 2.39. The number of rotatable bonds is 12. The van der Waals surface area contributed by atoms with Crippen molar-refractivity contribution in [3.8, 4) is 0 Å². The molecule has 0 bridgehead atoms. The van der Waals surface area contributed by atoms with Gasteiger partial charge in [0.2, 0.25) is 0 Å². The molecule has 4 N–H and O–H groups in total. The number of hydrogen-bond donors (Lipinski definition) is 4. The van der Waals surface area contributed by atoms with Crippen LogP contribution >= 0.6 is 0 Å². The maximum Gasteiger partial charge on any atom is 0.158 e. The molecule has 0 radical (unpaired) electrons. The van der Waals surface area contributed by atoms with E-state index in [-0.39, 0.29) is 17.6 Å². The molecular formula is C24H34O5. The highest BCUT2D eigenvalue weighted by molar-refractivity contribution is 5.79. The first kappa shape index (κ1) is 23.5. The molecule has 1 aromatic carbocycles. The summed E-state index contributed by atoms with van der Waals surface area (Å²) >= 11 is 0. The zero-order valence-corrected chi connectivity index (χ0v) is 16.9. The van der Waals surface area contributed by atoms with E-state index in [2.05, 4.69) is 0 Å². The minimum absolute atomic E-state index is 0.0853. The number of Topliss-reactive ketones (excluding diaryl/α,β-unsaturated/α-hetero) is 1. The van der Waals surface area contributed by atoms with Gasteiger partial charge in [-0.25, -0.2) is 0 Å². The smallest absolute Gasteiger partial charge is 0.158 e. The lowest BCUT2D eigenvalue weighted by atomic mass is 9.89. The lowest BCUT2D eigenvalue weighted by molar-refractivity contribution is -0.121. The molecule has 0 saturated heterocycles. The molecular weight excluding hydrogens is 368 g/mol. The van der Waals surface area contributed by atoms with Crippen LogP contribution in [0.1, 0.15) is 44.1 Å². The van der Waals surface area contributed by atoms with E-state index in [4.69, 9.17) is 5.11 Å². The molecule has 0 aromatic heterocycles. The van der Waals surface area contributed by atoms with E-state index in [0.717, 1.165) is 12.8 Å². The Morgan fingerprint density at radius 3 is 2.62 bits per heavy atom. The van der Waals surface area contributed by atoms with Crippen molar-refractivity contribution in [3.05, 3.63) is 60.2 Å². The van der Waals surface area contributed by atoms with Gasteiger partial charge in [-0.2, -0.15) is 0 Å². The predicted octanol–water partition coefficient (Wildman–Crippen LogP) is 2.57. The molecule has 0 heterocycles. The van der Waals surface area contributed by atoms with Crippen molar-refractivity contribution >= 4 is 5.78 Å². The van der Waals surface area contributed by atoms with Gasteiger partial charge in [-0.1, -0.05) is 54.6 Å². The monoisotopic (exact) mass is 402 g/mol. The van der Waals surface area contributed by atoms with Crippen LogP contribution in [0.3, 0.4) is 0 Å². The summed E-state index contributed by atoms with van der Waals surface area (Å²) in [4.78, 5) is 11.1. The summed E-state index contributed by atoms with van der Waals surface area (Å²) in [5.41, 5.74) is 1.18. The molecule has 0 unspecified atom stereocenters. The van der Waals surface area contributed by atoms with Crippen molar-refractivity contribution in [2.24, 2.45) is 11.8 Å². The van der Waals surface area contributed by atoms with Crippen molar-refractivity contribution in [2.75, 3.05) is 6.61 Å². The lowest BCUT2D eigenvalue weighted by Crippen LogP contribution is -2.20. The number of hydrogen-bond acceptors (Lipinski definition) is 5. The Morgan fingerprint density at radius 1 is 1.14 bits per heavy atom. The van der Waals surface area contributed by atoms with Crippen molar-refractivity contribution in [2.45, 2.75) is 63.3 Å².